The Morgan fingerprint density at radius 1 is 1.30 bits per heavy atom. The lowest BCUT2D eigenvalue weighted by Crippen LogP contribution is -2.18. The second-order valence-corrected chi connectivity index (χ2v) is 5.48. The van der Waals surface area contributed by atoms with Crippen molar-refractivity contribution in [2.24, 2.45) is 5.73 Å². The number of nitrogens with zero attached hydrogens (tertiary/aromatic N) is 2. The van der Waals surface area contributed by atoms with Crippen molar-refractivity contribution in [3.8, 4) is 0 Å². The Hall–Kier alpha value is -1.78. The maximum atomic E-state index is 5.65. The number of hydrogen-bond donors (Lipinski definition) is 1. The number of nitrogens with two attached hydrogens (primary N) is 1. The molecule has 2 N–H and O–H groups in total. The Bertz CT molecular complexity index is 596. The minimum atomic E-state index is 0.448. The highest BCUT2D eigenvalue weighted by Gasteiger charge is 2.06. The van der Waals surface area contributed by atoms with Gasteiger partial charge in [-0.25, -0.2) is 0 Å². The second kappa shape index (κ2) is 6.59. The molecule has 0 saturated carbocycles. The van der Waals surface area contributed by atoms with Gasteiger partial charge in [-0.2, -0.15) is 0 Å². The van der Waals surface area contributed by atoms with E-state index in [4.69, 9.17) is 18.0 Å². The van der Waals surface area contributed by atoms with Gasteiger partial charge in [-0.1, -0.05) is 30.4 Å². The molecule has 0 bridgehead atoms. The molecule has 0 spiro atoms. The van der Waals surface area contributed by atoms with Crippen LogP contribution < -0.4 is 5.73 Å². The van der Waals surface area contributed by atoms with Gasteiger partial charge in [0.2, 0.25) is 0 Å². The third-order valence-corrected chi connectivity index (χ3v) is 3.48. The van der Waals surface area contributed by atoms with Crippen molar-refractivity contribution in [3.05, 3.63) is 65.0 Å². The highest BCUT2D eigenvalue weighted by Crippen LogP contribution is 2.14. The molecule has 0 aliphatic carbocycles. The minimum Gasteiger partial charge on any atom is -0.389 e. The number of aromatic nitrogens is 1. The van der Waals surface area contributed by atoms with Crippen molar-refractivity contribution in [3.63, 3.8) is 0 Å². The van der Waals surface area contributed by atoms with E-state index in [1.165, 1.54) is 16.7 Å². The van der Waals surface area contributed by atoms with Crippen LogP contribution in [0.2, 0.25) is 0 Å². The number of rotatable bonds is 5. The molecular formula is C16H19N3S. The molecular weight excluding hydrogens is 266 g/mol. The van der Waals surface area contributed by atoms with E-state index in [9.17, 15) is 0 Å². The summed E-state index contributed by atoms with van der Waals surface area (Å²) in [6.45, 7) is 3.86. The van der Waals surface area contributed by atoms with E-state index in [2.05, 4.69) is 42.1 Å². The van der Waals surface area contributed by atoms with E-state index in [1.54, 1.807) is 6.20 Å². The van der Waals surface area contributed by atoms with Crippen LogP contribution in [0.25, 0.3) is 0 Å². The maximum absolute atomic E-state index is 5.65. The first-order valence-corrected chi connectivity index (χ1v) is 6.94. The zero-order valence-corrected chi connectivity index (χ0v) is 12.7. The Labute approximate surface area is 125 Å². The van der Waals surface area contributed by atoms with Gasteiger partial charge in [0.15, 0.2) is 0 Å². The highest BCUT2D eigenvalue weighted by atomic mass is 32.1. The maximum Gasteiger partial charge on any atom is 0.103 e. The van der Waals surface area contributed by atoms with E-state index < -0.39 is 0 Å². The van der Waals surface area contributed by atoms with Crippen molar-refractivity contribution in [2.75, 3.05) is 7.05 Å². The Kier molecular flexibility index (Phi) is 4.82. The summed E-state index contributed by atoms with van der Waals surface area (Å²) in [5.74, 6) is 0. The van der Waals surface area contributed by atoms with Crippen LogP contribution in [-0.2, 0) is 13.1 Å². The first-order valence-electron chi connectivity index (χ1n) is 6.53. The van der Waals surface area contributed by atoms with Crippen LogP contribution in [0.5, 0.6) is 0 Å². The van der Waals surface area contributed by atoms with Gasteiger partial charge in [0, 0.05) is 31.0 Å². The van der Waals surface area contributed by atoms with E-state index in [0.717, 1.165) is 18.7 Å². The molecule has 2 rings (SSSR count). The van der Waals surface area contributed by atoms with Crippen LogP contribution in [0.1, 0.15) is 22.3 Å². The predicted molar refractivity (Wildman–Crippen MR) is 86.5 cm³/mol. The molecule has 1 heterocycles. The molecule has 0 unspecified atom stereocenters. The SMILES string of the molecule is Cc1cc(C(N)=S)ccc1CN(C)Cc1cccnc1. The van der Waals surface area contributed by atoms with Crippen molar-refractivity contribution < 1.29 is 0 Å². The molecule has 20 heavy (non-hydrogen) atoms. The molecule has 1 aromatic carbocycles. The Balaban J connectivity index is 2.04. The smallest absolute Gasteiger partial charge is 0.103 e. The predicted octanol–water partition coefficient (Wildman–Crippen LogP) is 2.66. The molecule has 0 atom stereocenters. The summed E-state index contributed by atoms with van der Waals surface area (Å²) in [6.07, 6.45) is 3.70. The normalized spacial score (nSPS) is 10.8. The summed E-state index contributed by atoms with van der Waals surface area (Å²) in [5, 5.41) is 0. The number of thiocarbonyl (C=S) groups is 1. The zero-order valence-electron chi connectivity index (χ0n) is 11.8. The largest absolute Gasteiger partial charge is 0.389 e. The first-order chi connectivity index (χ1) is 9.56. The van der Waals surface area contributed by atoms with Gasteiger partial charge in [-0.15, -0.1) is 0 Å². The lowest BCUT2D eigenvalue weighted by molar-refractivity contribution is 0.318. The number of benzene rings is 1. The molecule has 3 nitrogen and oxygen atoms in total. The van der Waals surface area contributed by atoms with Crippen LogP contribution in [0, 0.1) is 6.92 Å². The molecule has 4 heteroatoms. The van der Waals surface area contributed by atoms with Gasteiger partial charge >= 0.3 is 0 Å². The van der Waals surface area contributed by atoms with Crippen LogP contribution in [-0.4, -0.2) is 21.9 Å². The summed E-state index contributed by atoms with van der Waals surface area (Å²) in [4.78, 5) is 6.85. The summed E-state index contributed by atoms with van der Waals surface area (Å²) in [6, 6.07) is 10.2. The number of hydrogen-bond acceptors (Lipinski definition) is 3. The molecule has 2 aromatic rings. The third kappa shape index (κ3) is 3.85. The first kappa shape index (κ1) is 14.6. The summed E-state index contributed by atoms with van der Waals surface area (Å²) >= 11 is 5.00. The van der Waals surface area contributed by atoms with E-state index in [1.807, 2.05) is 18.3 Å². The van der Waals surface area contributed by atoms with Crippen molar-refractivity contribution >= 4 is 17.2 Å². The van der Waals surface area contributed by atoms with Crippen molar-refractivity contribution in [1.29, 1.82) is 0 Å². The van der Waals surface area contributed by atoms with E-state index >= 15 is 0 Å². The Morgan fingerprint density at radius 2 is 2.10 bits per heavy atom. The molecule has 1 aromatic heterocycles. The van der Waals surface area contributed by atoms with Crippen LogP contribution in [0.15, 0.2) is 42.7 Å². The van der Waals surface area contributed by atoms with Crippen LogP contribution >= 0.6 is 12.2 Å². The van der Waals surface area contributed by atoms with Crippen LogP contribution in [0.4, 0.5) is 0 Å². The Morgan fingerprint density at radius 3 is 2.70 bits per heavy atom. The standard InChI is InChI=1S/C16H19N3S/c1-12-8-14(16(17)20)5-6-15(12)11-19(2)10-13-4-3-7-18-9-13/h3-9H,10-11H2,1-2H3,(H2,17,20). The molecule has 0 aliphatic heterocycles. The average Bonchev–Trinajstić information content (AvgIpc) is 2.42. The second-order valence-electron chi connectivity index (χ2n) is 5.04. The average molecular weight is 285 g/mol. The van der Waals surface area contributed by atoms with Gasteiger partial charge in [0.1, 0.15) is 4.99 Å². The minimum absolute atomic E-state index is 0.448. The van der Waals surface area contributed by atoms with Gasteiger partial charge in [0.05, 0.1) is 0 Å². The fraction of sp³-hybridized carbons (Fsp3) is 0.250. The lowest BCUT2D eigenvalue weighted by Gasteiger charge is -2.18. The quantitative estimate of drug-likeness (QED) is 0.858. The lowest BCUT2D eigenvalue weighted by atomic mass is 10.0. The van der Waals surface area contributed by atoms with Crippen LogP contribution in [0.3, 0.4) is 0 Å². The van der Waals surface area contributed by atoms with Crippen molar-refractivity contribution in [2.45, 2.75) is 20.0 Å². The fourth-order valence-electron chi connectivity index (χ4n) is 2.18. The topological polar surface area (TPSA) is 42.1 Å². The van der Waals surface area contributed by atoms with Gasteiger partial charge in [-0.05, 0) is 42.8 Å². The molecule has 0 fully saturated rings. The van der Waals surface area contributed by atoms with Gasteiger partial charge < -0.3 is 5.73 Å². The number of pyridine rings is 1. The van der Waals surface area contributed by atoms with E-state index in [-0.39, 0.29) is 0 Å². The molecule has 0 aliphatic rings. The molecule has 0 saturated heterocycles. The molecule has 0 amide bonds. The third-order valence-electron chi connectivity index (χ3n) is 3.24. The van der Waals surface area contributed by atoms with E-state index in [0.29, 0.717) is 4.99 Å². The number of aryl methyl sites for hydroxylation is 1. The highest BCUT2D eigenvalue weighted by molar-refractivity contribution is 7.80. The van der Waals surface area contributed by atoms with Crippen molar-refractivity contribution in [1.82, 2.24) is 9.88 Å². The zero-order chi connectivity index (χ0) is 14.5. The summed E-state index contributed by atoms with van der Waals surface area (Å²) < 4.78 is 0. The summed E-state index contributed by atoms with van der Waals surface area (Å²) in [7, 11) is 2.11. The molecule has 104 valence electrons. The monoisotopic (exact) mass is 285 g/mol. The molecule has 0 radical (unpaired) electrons. The van der Waals surface area contributed by atoms with Gasteiger partial charge in [0.25, 0.3) is 0 Å². The van der Waals surface area contributed by atoms with Gasteiger partial charge in [-0.3, -0.25) is 9.88 Å². The summed E-state index contributed by atoms with van der Waals surface area (Å²) in [5.41, 5.74) is 10.3. The fourth-order valence-corrected chi connectivity index (χ4v) is 2.30.